The Bertz CT molecular complexity index is 848. The zero-order valence-corrected chi connectivity index (χ0v) is 14.6. The Morgan fingerprint density at radius 3 is 2.63 bits per heavy atom. The fourth-order valence-corrected chi connectivity index (χ4v) is 2.52. The summed E-state index contributed by atoms with van der Waals surface area (Å²) in [7, 11) is 2.57. The molecule has 1 aromatic heterocycles. The van der Waals surface area contributed by atoms with Gasteiger partial charge in [-0.3, -0.25) is 9.59 Å². The summed E-state index contributed by atoms with van der Waals surface area (Å²) in [6.45, 7) is -3.07. The maximum atomic E-state index is 12.5. The van der Waals surface area contributed by atoms with Gasteiger partial charge in [-0.1, -0.05) is 12.1 Å². The Kier molecular flexibility index (Phi) is 6.89. The first-order chi connectivity index (χ1) is 12.8. The normalized spacial score (nSPS) is 12.0. The second-order valence-corrected chi connectivity index (χ2v) is 5.51. The van der Waals surface area contributed by atoms with E-state index < -0.39 is 29.7 Å². The van der Waals surface area contributed by atoms with Crippen LogP contribution in [0, 0.1) is 0 Å². The molecule has 0 saturated carbocycles. The molecule has 0 aliphatic rings. The van der Waals surface area contributed by atoms with Crippen LogP contribution in [0.4, 0.5) is 8.78 Å². The Morgan fingerprint density at radius 2 is 2.00 bits per heavy atom. The van der Waals surface area contributed by atoms with Crippen molar-refractivity contribution in [3.8, 4) is 11.5 Å². The quantitative estimate of drug-likeness (QED) is 0.699. The van der Waals surface area contributed by atoms with E-state index in [1.54, 1.807) is 0 Å². The summed E-state index contributed by atoms with van der Waals surface area (Å²) in [4.78, 5) is 23.9. The van der Waals surface area contributed by atoms with E-state index in [2.05, 4.69) is 9.47 Å². The summed E-state index contributed by atoms with van der Waals surface area (Å²) < 4.78 is 44.4. The number of esters is 1. The first kappa shape index (κ1) is 20.4. The molecule has 0 spiro atoms. The summed E-state index contributed by atoms with van der Waals surface area (Å²) in [6, 6.07) is 6.60. The lowest BCUT2D eigenvalue weighted by atomic mass is 9.92. The van der Waals surface area contributed by atoms with Gasteiger partial charge in [0.1, 0.15) is 18.1 Å². The number of rotatable bonds is 8. The van der Waals surface area contributed by atoms with Crippen molar-refractivity contribution in [2.45, 2.75) is 25.6 Å². The van der Waals surface area contributed by atoms with Crippen LogP contribution < -0.4 is 10.2 Å². The van der Waals surface area contributed by atoms with Crippen LogP contribution in [0.15, 0.2) is 39.5 Å². The highest BCUT2D eigenvalue weighted by Crippen LogP contribution is 2.35. The first-order valence-corrected chi connectivity index (χ1v) is 7.82. The molecule has 0 unspecified atom stereocenters. The molecule has 27 heavy (non-hydrogen) atoms. The standard InChI is InChI=1S/C18H18F2O7/c1-24-9-12-7-14(21)16(23)17(26-12)13(8-15(22)25-2)10-4-3-5-11(6-10)27-18(19)20/h3-7,13,18,23H,8-9H2,1-2H3/t13-/m1/s1. The fraction of sp³-hybridized carbons (Fsp3) is 0.333. The molecular weight excluding hydrogens is 366 g/mol. The molecule has 0 bridgehead atoms. The van der Waals surface area contributed by atoms with Gasteiger partial charge in [0.05, 0.1) is 19.4 Å². The van der Waals surface area contributed by atoms with Gasteiger partial charge < -0.3 is 23.7 Å². The van der Waals surface area contributed by atoms with Crippen molar-refractivity contribution < 1.29 is 37.3 Å². The van der Waals surface area contributed by atoms with E-state index in [1.807, 2.05) is 0 Å². The van der Waals surface area contributed by atoms with Crippen molar-refractivity contribution in [3.05, 3.63) is 57.6 Å². The molecule has 1 aromatic carbocycles. The minimum Gasteiger partial charge on any atom is -0.502 e. The molecule has 0 aliphatic carbocycles. The van der Waals surface area contributed by atoms with Crippen LogP contribution in [-0.4, -0.2) is 31.9 Å². The predicted octanol–water partition coefficient (Wildman–Crippen LogP) is 2.79. The van der Waals surface area contributed by atoms with E-state index in [1.165, 1.54) is 38.5 Å². The Morgan fingerprint density at radius 1 is 1.26 bits per heavy atom. The lowest BCUT2D eigenvalue weighted by Crippen LogP contribution is -2.14. The minimum atomic E-state index is -3.03. The molecule has 146 valence electrons. The maximum Gasteiger partial charge on any atom is 0.387 e. The van der Waals surface area contributed by atoms with E-state index in [4.69, 9.17) is 9.15 Å². The second kappa shape index (κ2) is 9.13. The molecule has 1 N–H and O–H groups in total. The molecular formula is C18H18F2O7. The monoisotopic (exact) mass is 384 g/mol. The van der Waals surface area contributed by atoms with Gasteiger partial charge in [-0.2, -0.15) is 8.78 Å². The Hall–Kier alpha value is -2.94. The van der Waals surface area contributed by atoms with Crippen molar-refractivity contribution in [1.29, 1.82) is 0 Å². The molecule has 0 aliphatic heterocycles. The number of ether oxygens (including phenoxy) is 3. The summed E-state index contributed by atoms with van der Waals surface area (Å²) >= 11 is 0. The van der Waals surface area contributed by atoms with E-state index in [0.717, 1.165) is 6.07 Å². The highest BCUT2D eigenvalue weighted by molar-refractivity contribution is 5.71. The van der Waals surface area contributed by atoms with E-state index in [-0.39, 0.29) is 30.3 Å². The van der Waals surface area contributed by atoms with Crippen molar-refractivity contribution in [2.24, 2.45) is 0 Å². The van der Waals surface area contributed by atoms with Gasteiger partial charge in [-0.05, 0) is 17.7 Å². The number of halogens is 2. The molecule has 1 atom stereocenters. The highest BCUT2D eigenvalue weighted by atomic mass is 19.3. The third-order valence-electron chi connectivity index (χ3n) is 3.69. The topological polar surface area (TPSA) is 95.2 Å². The third-order valence-corrected chi connectivity index (χ3v) is 3.69. The van der Waals surface area contributed by atoms with Gasteiger partial charge >= 0.3 is 12.6 Å². The average Bonchev–Trinajstić information content (AvgIpc) is 2.62. The lowest BCUT2D eigenvalue weighted by molar-refractivity contribution is -0.141. The molecule has 0 fully saturated rings. The number of hydrogen-bond donors (Lipinski definition) is 1. The van der Waals surface area contributed by atoms with Crippen LogP contribution in [0.3, 0.4) is 0 Å². The van der Waals surface area contributed by atoms with Crippen LogP contribution >= 0.6 is 0 Å². The number of alkyl halides is 2. The smallest absolute Gasteiger partial charge is 0.387 e. The van der Waals surface area contributed by atoms with E-state index >= 15 is 0 Å². The van der Waals surface area contributed by atoms with Gasteiger partial charge in [0.15, 0.2) is 5.76 Å². The van der Waals surface area contributed by atoms with E-state index in [9.17, 15) is 23.5 Å². The molecule has 0 radical (unpaired) electrons. The molecule has 2 aromatic rings. The fourth-order valence-electron chi connectivity index (χ4n) is 2.52. The minimum absolute atomic E-state index is 0.0397. The van der Waals surface area contributed by atoms with Crippen LogP contribution in [0.25, 0.3) is 0 Å². The third kappa shape index (κ3) is 5.27. The molecule has 2 rings (SSSR count). The SMILES string of the molecule is COCc1cc(=O)c(O)c([C@H](CC(=O)OC)c2cccc(OC(F)F)c2)o1. The Balaban J connectivity index is 2.56. The molecule has 0 saturated heterocycles. The van der Waals surface area contributed by atoms with Crippen LogP contribution in [0.5, 0.6) is 11.5 Å². The van der Waals surface area contributed by atoms with Crippen molar-refractivity contribution >= 4 is 5.97 Å². The number of carbonyl (C=O) groups excluding carboxylic acids is 1. The van der Waals surface area contributed by atoms with Crippen molar-refractivity contribution in [2.75, 3.05) is 14.2 Å². The maximum absolute atomic E-state index is 12.5. The largest absolute Gasteiger partial charge is 0.502 e. The number of benzene rings is 1. The highest BCUT2D eigenvalue weighted by Gasteiger charge is 2.27. The second-order valence-electron chi connectivity index (χ2n) is 5.51. The Labute approximate surface area is 153 Å². The summed E-state index contributed by atoms with van der Waals surface area (Å²) in [5, 5.41) is 10.2. The predicted molar refractivity (Wildman–Crippen MR) is 88.9 cm³/mol. The van der Waals surface area contributed by atoms with Crippen molar-refractivity contribution in [3.63, 3.8) is 0 Å². The molecule has 7 nitrogen and oxygen atoms in total. The van der Waals surface area contributed by atoms with Crippen LogP contribution in [0.2, 0.25) is 0 Å². The molecule has 0 amide bonds. The van der Waals surface area contributed by atoms with Gasteiger partial charge in [0.2, 0.25) is 11.2 Å². The summed E-state index contributed by atoms with van der Waals surface area (Å²) in [5.41, 5.74) is -0.412. The van der Waals surface area contributed by atoms with Crippen LogP contribution in [-0.2, 0) is 20.9 Å². The van der Waals surface area contributed by atoms with Gasteiger partial charge in [-0.25, -0.2) is 0 Å². The molecule has 1 heterocycles. The summed E-state index contributed by atoms with van der Waals surface area (Å²) in [6.07, 6.45) is -0.304. The number of carbonyl (C=O) groups is 1. The zero-order valence-electron chi connectivity index (χ0n) is 14.6. The number of aromatic hydroxyl groups is 1. The van der Waals surface area contributed by atoms with Gasteiger partial charge in [0.25, 0.3) is 0 Å². The van der Waals surface area contributed by atoms with Crippen LogP contribution in [0.1, 0.15) is 29.4 Å². The lowest BCUT2D eigenvalue weighted by Gasteiger charge is -2.18. The number of methoxy groups -OCH3 is 2. The number of hydrogen-bond acceptors (Lipinski definition) is 7. The summed E-state index contributed by atoms with van der Waals surface area (Å²) in [5.74, 6) is -2.53. The molecule has 9 heteroatoms. The van der Waals surface area contributed by atoms with Gasteiger partial charge in [0, 0.05) is 13.2 Å². The zero-order chi connectivity index (χ0) is 20.0. The first-order valence-electron chi connectivity index (χ1n) is 7.82. The van der Waals surface area contributed by atoms with E-state index in [0.29, 0.717) is 5.56 Å². The van der Waals surface area contributed by atoms with Gasteiger partial charge in [-0.15, -0.1) is 0 Å². The van der Waals surface area contributed by atoms with Crippen molar-refractivity contribution in [1.82, 2.24) is 0 Å². The average molecular weight is 384 g/mol.